The third kappa shape index (κ3) is 5.19. The summed E-state index contributed by atoms with van der Waals surface area (Å²) in [7, 11) is 0. The number of amides is 2. The molecule has 2 amide bonds. The molecule has 6 nitrogen and oxygen atoms in total. The Morgan fingerprint density at radius 2 is 1.66 bits per heavy atom. The Morgan fingerprint density at radius 3 is 2.41 bits per heavy atom. The van der Waals surface area contributed by atoms with Gasteiger partial charge in [0, 0.05) is 48.1 Å². The van der Waals surface area contributed by atoms with Crippen LogP contribution in [-0.2, 0) is 4.79 Å². The smallest absolute Gasteiger partial charge is 0.252 e. The molecule has 0 spiro atoms. The lowest BCUT2D eigenvalue weighted by Gasteiger charge is -2.20. The van der Waals surface area contributed by atoms with Gasteiger partial charge in [-0.25, -0.2) is 0 Å². The molecule has 1 aliphatic heterocycles. The molecule has 166 valence electrons. The number of carbonyl (C=O) groups excluding carboxylic acids is 2. The fraction of sp³-hybridized carbons (Fsp3) is 0.308. The first-order chi connectivity index (χ1) is 15.6. The summed E-state index contributed by atoms with van der Waals surface area (Å²) in [6.45, 7) is 4.11. The van der Waals surface area contributed by atoms with E-state index in [0.29, 0.717) is 12.0 Å². The summed E-state index contributed by atoms with van der Waals surface area (Å²) in [6, 6.07) is 18.6. The molecule has 1 atom stereocenters. The quantitative estimate of drug-likeness (QED) is 0.548. The van der Waals surface area contributed by atoms with Crippen LogP contribution in [0.15, 0.2) is 73.1 Å². The fourth-order valence-electron chi connectivity index (χ4n) is 4.10. The number of anilines is 2. The van der Waals surface area contributed by atoms with Crippen LogP contribution in [0.3, 0.4) is 0 Å². The molecule has 3 aromatic rings. The molecule has 4 rings (SSSR count). The molecule has 2 N–H and O–H groups in total. The first kappa shape index (κ1) is 21.7. The molecule has 0 bridgehead atoms. The van der Waals surface area contributed by atoms with Crippen LogP contribution >= 0.6 is 0 Å². The average Bonchev–Trinajstić information content (AvgIpc) is 3.53. The Morgan fingerprint density at radius 1 is 0.938 bits per heavy atom. The van der Waals surface area contributed by atoms with Gasteiger partial charge in [0.15, 0.2) is 0 Å². The highest BCUT2D eigenvalue weighted by Crippen LogP contribution is 2.23. The summed E-state index contributed by atoms with van der Waals surface area (Å²) in [4.78, 5) is 28.3. The number of hydrogen-bond acceptors (Lipinski definition) is 3. The number of benzene rings is 2. The first-order valence-corrected chi connectivity index (χ1v) is 11.3. The van der Waals surface area contributed by atoms with Crippen molar-refractivity contribution in [1.29, 1.82) is 0 Å². The maximum Gasteiger partial charge on any atom is 0.252 e. The monoisotopic (exact) mass is 430 g/mol. The van der Waals surface area contributed by atoms with E-state index in [1.54, 1.807) is 6.07 Å². The van der Waals surface area contributed by atoms with Crippen molar-refractivity contribution in [2.24, 2.45) is 0 Å². The lowest BCUT2D eigenvalue weighted by Crippen LogP contribution is -2.43. The second-order valence-electron chi connectivity index (χ2n) is 8.19. The van der Waals surface area contributed by atoms with Crippen molar-refractivity contribution in [3.63, 3.8) is 0 Å². The summed E-state index contributed by atoms with van der Waals surface area (Å²) in [5, 5.41) is 5.92. The predicted molar refractivity (Wildman–Crippen MR) is 128 cm³/mol. The van der Waals surface area contributed by atoms with E-state index in [2.05, 4.69) is 21.6 Å². The van der Waals surface area contributed by atoms with E-state index in [0.717, 1.165) is 36.6 Å². The Balaban J connectivity index is 1.44. The molecule has 2 aromatic carbocycles. The van der Waals surface area contributed by atoms with E-state index in [1.165, 1.54) is 12.8 Å². The standard InChI is InChI=1S/C26H30N4O2/c1-2-9-24(26(32)27-21-11-8-13-23(19-21)30-16-5-6-17-30)28-25(31)20-10-7-12-22(18-20)29-14-3-4-15-29/h3-4,7-8,10-15,18-19,24H,2,5-6,9,16-17H2,1H3,(H,27,32)(H,28,31). The highest BCUT2D eigenvalue weighted by Gasteiger charge is 2.21. The van der Waals surface area contributed by atoms with Crippen molar-refractivity contribution >= 4 is 23.2 Å². The van der Waals surface area contributed by atoms with E-state index >= 15 is 0 Å². The van der Waals surface area contributed by atoms with Crippen LogP contribution in [0.4, 0.5) is 11.4 Å². The molecule has 1 saturated heterocycles. The van der Waals surface area contributed by atoms with Crippen molar-refractivity contribution in [1.82, 2.24) is 9.88 Å². The Labute approximate surface area is 189 Å². The number of nitrogens with one attached hydrogen (secondary N) is 2. The lowest BCUT2D eigenvalue weighted by molar-refractivity contribution is -0.118. The van der Waals surface area contributed by atoms with Gasteiger partial charge >= 0.3 is 0 Å². The van der Waals surface area contributed by atoms with Gasteiger partial charge in [-0.05, 0) is 67.8 Å². The zero-order chi connectivity index (χ0) is 22.3. The van der Waals surface area contributed by atoms with Gasteiger partial charge in [0.05, 0.1) is 0 Å². The molecule has 1 aromatic heterocycles. The molecule has 0 saturated carbocycles. The maximum absolute atomic E-state index is 13.0. The van der Waals surface area contributed by atoms with Gasteiger partial charge in [-0.15, -0.1) is 0 Å². The SMILES string of the molecule is CCCC(NC(=O)c1cccc(-n2cccc2)c1)C(=O)Nc1cccc(N2CCCC2)c1. The number of hydrogen-bond donors (Lipinski definition) is 2. The molecule has 1 fully saturated rings. The molecule has 2 heterocycles. The van der Waals surface area contributed by atoms with Gasteiger partial charge in [0.1, 0.15) is 6.04 Å². The van der Waals surface area contributed by atoms with Crippen LogP contribution < -0.4 is 15.5 Å². The zero-order valence-corrected chi connectivity index (χ0v) is 18.5. The zero-order valence-electron chi connectivity index (χ0n) is 18.5. The van der Waals surface area contributed by atoms with E-state index in [-0.39, 0.29) is 11.8 Å². The maximum atomic E-state index is 13.0. The Hall–Kier alpha value is -3.54. The minimum atomic E-state index is -0.599. The Bertz CT molecular complexity index is 1060. The third-order valence-corrected chi connectivity index (χ3v) is 5.80. The number of rotatable bonds is 8. The summed E-state index contributed by atoms with van der Waals surface area (Å²) < 4.78 is 1.94. The van der Waals surface area contributed by atoms with Crippen LogP contribution in [0.25, 0.3) is 5.69 Å². The van der Waals surface area contributed by atoms with Gasteiger partial charge in [-0.1, -0.05) is 25.5 Å². The second kappa shape index (κ2) is 10.2. The van der Waals surface area contributed by atoms with Crippen molar-refractivity contribution in [3.05, 3.63) is 78.6 Å². The van der Waals surface area contributed by atoms with Crippen LogP contribution in [0.5, 0.6) is 0 Å². The molecule has 0 aliphatic carbocycles. The van der Waals surface area contributed by atoms with Crippen LogP contribution in [0.2, 0.25) is 0 Å². The molecule has 6 heteroatoms. The lowest BCUT2D eigenvalue weighted by atomic mass is 10.1. The van der Waals surface area contributed by atoms with E-state index in [4.69, 9.17) is 0 Å². The van der Waals surface area contributed by atoms with E-state index in [9.17, 15) is 9.59 Å². The molecule has 1 unspecified atom stereocenters. The number of aromatic nitrogens is 1. The topological polar surface area (TPSA) is 66.4 Å². The summed E-state index contributed by atoms with van der Waals surface area (Å²) >= 11 is 0. The third-order valence-electron chi connectivity index (χ3n) is 5.80. The fourth-order valence-corrected chi connectivity index (χ4v) is 4.10. The molecular formula is C26H30N4O2. The predicted octanol–water partition coefficient (Wildman–Crippen LogP) is 4.61. The Kier molecular flexibility index (Phi) is 6.90. The molecule has 0 radical (unpaired) electrons. The van der Waals surface area contributed by atoms with Crippen LogP contribution in [0, 0.1) is 0 Å². The molecule has 32 heavy (non-hydrogen) atoms. The highest BCUT2D eigenvalue weighted by atomic mass is 16.2. The van der Waals surface area contributed by atoms with Crippen molar-refractivity contribution in [2.45, 2.75) is 38.6 Å². The minimum Gasteiger partial charge on any atom is -0.371 e. The summed E-state index contributed by atoms with van der Waals surface area (Å²) in [6.07, 6.45) is 7.62. The minimum absolute atomic E-state index is 0.194. The van der Waals surface area contributed by atoms with Gasteiger partial charge in [-0.3, -0.25) is 9.59 Å². The van der Waals surface area contributed by atoms with E-state index in [1.807, 2.05) is 72.4 Å². The van der Waals surface area contributed by atoms with E-state index < -0.39 is 6.04 Å². The second-order valence-corrected chi connectivity index (χ2v) is 8.19. The summed E-state index contributed by atoms with van der Waals surface area (Å²) in [5.41, 5.74) is 3.31. The average molecular weight is 431 g/mol. The highest BCUT2D eigenvalue weighted by molar-refractivity contribution is 6.01. The van der Waals surface area contributed by atoms with Gasteiger partial charge in [-0.2, -0.15) is 0 Å². The van der Waals surface area contributed by atoms with Crippen LogP contribution in [0.1, 0.15) is 43.0 Å². The summed E-state index contributed by atoms with van der Waals surface area (Å²) in [5.74, 6) is -0.446. The van der Waals surface area contributed by atoms with Gasteiger partial charge < -0.3 is 20.1 Å². The molecular weight excluding hydrogens is 400 g/mol. The van der Waals surface area contributed by atoms with Gasteiger partial charge in [0.25, 0.3) is 5.91 Å². The van der Waals surface area contributed by atoms with Crippen LogP contribution in [-0.4, -0.2) is 35.5 Å². The number of nitrogens with zero attached hydrogens (tertiary/aromatic N) is 2. The molecule has 1 aliphatic rings. The first-order valence-electron chi connectivity index (χ1n) is 11.3. The van der Waals surface area contributed by atoms with Crippen molar-refractivity contribution in [3.8, 4) is 5.69 Å². The van der Waals surface area contributed by atoms with Crippen molar-refractivity contribution in [2.75, 3.05) is 23.3 Å². The number of carbonyl (C=O) groups is 2. The van der Waals surface area contributed by atoms with Crippen molar-refractivity contribution < 1.29 is 9.59 Å². The largest absolute Gasteiger partial charge is 0.371 e. The normalized spacial score (nSPS) is 14.2. The van der Waals surface area contributed by atoms with Gasteiger partial charge in [0.2, 0.25) is 5.91 Å².